The van der Waals surface area contributed by atoms with Crippen LogP contribution in [-0.4, -0.2) is 36.5 Å². The lowest BCUT2D eigenvalue weighted by molar-refractivity contribution is -0.137. The van der Waals surface area contributed by atoms with Gasteiger partial charge in [-0.25, -0.2) is 9.18 Å². The smallest absolute Gasteiger partial charge is 0.341 e. The third-order valence-corrected chi connectivity index (χ3v) is 3.40. The van der Waals surface area contributed by atoms with Gasteiger partial charge in [0.05, 0.1) is 17.8 Å². The predicted octanol–water partition coefficient (Wildman–Crippen LogP) is 2.59. The fourth-order valence-corrected chi connectivity index (χ4v) is 2.20. The average Bonchev–Trinajstić information content (AvgIpc) is 3.00. The van der Waals surface area contributed by atoms with Crippen LogP contribution in [0.4, 0.5) is 28.0 Å². The predicted molar refractivity (Wildman–Crippen MR) is 74.2 cm³/mol. The Kier molecular flexibility index (Phi) is 5.07. The summed E-state index contributed by atoms with van der Waals surface area (Å²) >= 11 is 0. The van der Waals surface area contributed by atoms with E-state index in [4.69, 9.17) is 0 Å². The van der Waals surface area contributed by atoms with E-state index in [2.05, 4.69) is 5.32 Å². The van der Waals surface area contributed by atoms with Gasteiger partial charge in [0.1, 0.15) is 5.82 Å². The van der Waals surface area contributed by atoms with Crippen LogP contribution >= 0.6 is 0 Å². The number of benzene rings is 1. The van der Waals surface area contributed by atoms with Crippen LogP contribution in [0.25, 0.3) is 0 Å². The molecule has 1 saturated heterocycles. The van der Waals surface area contributed by atoms with E-state index in [0.717, 1.165) is 12.8 Å². The lowest BCUT2D eigenvalue weighted by Gasteiger charge is -2.16. The normalized spacial score (nSPS) is 14.7. The first-order valence-corrected chi connectivity index (χ1v) is 6.97. The van der Waals surface area contributed by atoms with Gasteiger partial charge in [0.2, 0.25) is 5.91 Å². The number of carbonyl (C=O) groups excluding carboxylic acids is 2. The first-order valence-electron chi connectivity index (χ1n) is 6.97. The standard InChI is InChI=1S/C14H15F4N3O2/c15-10-4-3-9(14(16,17)18)7-11(10)20-13(23)19-8-12(22)21-5-1-2-6-21/h3-4,7H,1-2,5-6,8H2,(H2,19,20,23). The Morgan fingerprint density at radius 2 is 1.83 bits per heavy atom. The van der Waals surface area contributed by atoms with Crippen LogP contribution in [0.2, 0.25) is 0 Å². The Hall–Kier alpha value is -2.32. The van der Waals surface area contributed by atoms with Gasteiger partial charge in [-0.1, -0.05) is 0 Å². The maximum atomic E-state index is 13.5. The number of urea groups is 1. The molecule has 0 spiro atoms. The molecule has 0 aromatic heterocycles. The monoisotopic (exact) mass is 333 g/mol. The summed E-state index contributed by atoms with van der Waals surface area (Å²) in [5, 5.41) is 4.18. The number of anilines is 1. The van der Waals surface area contributed by atoms with E-state index in [1.54, 1.807) is 4.90 Å². The largest absolute Gasteiger partial charge is 0.416 e. The number of alkyl halides is 3. The third kappa shape index (κ3) is 4.57. The van der Waals surface area contributed by atoms with Gasteiger partial charge in [-0.05, 0) is 31.0 Å². The topological polar surface area (TPSA) is 61.4 Å². The fourth-order valence-electron chi connectivity index (χ4n) is 2.20. The van der Waals surface area contributed by atoms with Gasteiger partial charge in [0.15, 0.2) is 0 Å². The second kappa shape index (κ2) is 6.84. The minimum absolute atomic E-state index is 0.290. The SMILES string of the molecule is O=C(NCC(=O)N1CCCC1)Nc1cc(C(F)(F)F)ccc1F. The molecular weight excluding hydrogens is 318 g/mol. The molecule has 0 atom stereocenters. The molecule has 1 heterocycles. The van der Waals surface area contributed by atoms with Crippen molar-refractivity contribution in [3.63, 3.8) is 0 Å². The van der Waals surface area contributed by atoms with E-state index >= 15 is 0 Å². The summed E-state index contributed by atoms with van der Waals surface area (Å²) in [6.07, 6.45) is -2.85. The van der Waals surface area contributed by atoms with Gasteiger partial charge in [0.25, 0.3) is 0 Å². The number of nitrogens with one attached hydrogen (secondary N) is 2. The maximum absolute atomic E-state index is 13.5. The van der Waals surface area contributed by atoms with E-state index < -0.39 is 29.3 Å². The Bertz CT molecular complexity index is 598. The number of hydrogen-bond donors (Lipinski definition) is 2. The van der Waals surface area contributed by atoms with Gasteiger partial charge < -0.3 is 15.5 Å². The summed E-state index contributed by atoms with van der Waals surface area (Å²) in [4.78, 5) is 24.9. The van der Waals surface area contributed by atoms with Gasteiger partial charge in [-0.3, -0.25) is 4.79 Å². The van der Waals surface area contributed by atoms with Crippen molar-refractivity contribution in [1.82, 2.24) is 10.2 Å². The molecule has 2 rings (SSSR count). The van der Waals surface area contributed by atoms with Crippen molar-refractivity contribution in [2.24, 2.45) is 0 Å². The molecule has 126 valence electrons. The first-order chi connectivity index (χ1) is 10.8. The van der Waals surface area contributed by atoms with E-state index in [1.807, 2.05) is 5.32 Å². The number of nitrogens with zero attached hydrogens (tertiary/aromatic N) is 1. The molecule has 3 amide bonds. The second-order valence-corrected chi connectivity index (χ2v) is 5.09. The number of hydrogen-bond acceptors (Lipinski definition) is 2. The molecule has 23 heavy (non-hydrogen) atoms. The molecule has 0 bridgehead atoms. The van der Waals surface area contributed by atoms with E-state index in [9.17, 15) is 27.2 Å². The Labute approximate surface area is 129 Å². The highest BCUT2D eigenvalue weighted by Gasteiger charge is 2.31. The van der Waals surface area contributed by atoms with Crippen LogP contribution in [0.5, 0.6) is 0 Å². The highest BCUT2D eigenvalue weighted by Crippen LogP contribution is 2.31. The molecule has 1 aliphatic rings. The minimum atomic E-state index is -4.65. The molecule has 1 aliphatic heterocycles. The summed E-state index contributed by atoms with van der Waals surface area (Å²) < 4.78 is 51.2. The molecule has 1 aromatic carbocycles. The summed E-state index contributed by atoms with van der Waals surface area (Å²) in [6.45, 7) is 0.932. The number of halogens is 4. The average molecular weight is 333 g/mol. The molecule has 5 nitrogen and oxygen atoms in total. The van der Waals surface area contributed by atoms with Crippen molar-refractivity contribution >= 4 is 17.6 Å². The number of carbonyl (C=O) groups is 2. The Balaban J connectivity index is 1.93. The molecule has 1 aromatic rings. The first kappa shape index (κ1) is 17.0. The summed E-state index contributed by atoms with van der Waals surface area (Å²) in [7, 11) is 0. The van der Waals surface area contributed by atoms with Gasteiger partial charge >= 0.3 is 12.2 Å². The summed E-state index contributed by atoms with van der Waals surface area (Å²) in [5.74, 6) is -1.29. The molecule has 0 radical (unpaired) electrons. The number of likely N-dealkylation sites (tertiary alicyclic amines) is 1. The molecule has 0 saturated carbocycles. The van der Waals surface area contributed by atoms with Crippen molar-refractivity contribution in [1.29, 1.82) is 0 Å². The maximum Gasteiger partial charge on any atom is 0.416 e. The zero-order chi connectivity index (χ0) is 17.0. The second-order valence-electron chi connectivity index (χ2n) is 5.09. The molecular formula is C14H15F4N3O2. The van der Waals surface area contributed by atoms with Gasteiger partial charge in [0, 0.05) is 13.1 Å². The Morgan fingerprint density at radius 3 is 2.43 bits per heavy atom. The van der Waals surface area contributed by atoms with Crippen LogP contribution < -0.4 is 10.6 Å². The van der Waals surface area contributed by atoms with Crippen LogP contribution in [0.3, 0.4) is 0 Å². The molecule has 9 heteroatoms. The minimum Gasteiger partial charge on any atom is -0.341 e. The van der Waals surface area contributed by atoms with Crippen molar-refractivity contribution in [3.8, 4) is 0 Å². The van der Waals surface area contributed by atoms with E-state index in [-0.39, 0.29) is 12.5 Å². The molecule has 0 aliphatic carbocycles. The summed E-state index contributed by atoms with van der Waals surface area (Å²) in [5.41, 5.74) is -1.69. The van der Waals surface area contributed by atoms with Crippen LogP contribution in [-0.2, 0) is 11.0 Å². The van der Waals surface area contributed by atoms with Gasteiger partial charge in [-0.2, -0.15) is 13.2 Å². The third-order valence-electron chi connectivity index (χ3n) is 3.40. The van der Waals surface area contributed by atoms with Gasteiger partial charge in [-0.15, -0.1) is 0 Å². The zero-order valence-corrected chi connectivity index (χ0v) is 12.0. The quantitative estimate of drug-likeness (QED) is 0.835. The number of rotatable bonds is 3. The zero-order valence-electron chi connectivity index (χ0n) is 12.0. The van der Waals surface area contributed by atoms with E-state index in [0.29, 0.717) is 31.3 Å². The highest BCUT2D eigenvalue weighted by molar-refractivity contribution is 5.92. The van der Waals surface area contributed by atoms with Crippen molar-refractivity contribution in [2.75, 3.05) is 25.0 Å². The fraction of sp³-hybridized carbons (Fsp3) is 0.429. The molecule has 1 fully saturated rings. The summed E-state index contributed by atoms with van der Waals surface area (Å²) in [6, 6.07) is 0.746. The lowest BCUT2D eigenvalue weighted by Crippen LogP contribution is -2.40. The van der Waals surface area contributed by atoms with Crippen LogP contribution in [0, 0.1) is 5.82 Å². The molecule has 0 unspecified atom stereocenters. The van der Waals surface area contributed by atoms with Crippen molar-refractivity contribution in [2.45, 2.75) is 19.0 Å². The Morgan fingerprint density at radius 1 is 1.17 bits per heavy atom. The van der Waals surface area contributed by atoms with E-state index in [1.165, 1.54) is 0 Å². The van der Waals surface area contributed by atoms with Crippen molar-refractivity contribution < 1.29 is 27.2 Å². The highest BCUT2D eigenvalue weighted by atomic mass is 19.4. The lowest BCUT2D eigenvalue weighted by atomic mass is 10.2. The number of amides is 3. The van der Waals surface area contributed by atoms with Crippen molar-refractivity contribution in [3.05, 3.63) is 29.6 Å². The van der Waals surface area contributed by atoms with Crippen LogP contribution in [0.15, 0.2) is 18.2 Å². The van der Waals surface area contributed by atoms with Crippen LogP contribution in [0.1, 0.15) is 18.4 Å². The molecule has 2 N–H and O–H groups in total.